The van der Waals surface area contributed by atoms with Crippen LogP contribution in [-0.4, -0.2) is 28.6 Å². The highest BCUT2D eigenvalue weighted by molar-refractivity contribution is 7.09. The molecule has 0 saturated heterocycles. The summed E-state index contributed by atoms with van der Waals surface area (Å²) in [7, 11) is 0. The van der Waals surface area contributed by atoms with E-state index in [-0.39, 0.29) is 11.7 Å². The molecule has 2 rings (SSSR count). The van der Waals surface area contributed by atoms with Gasteiger partial charge in [-0.1, -0.05) is 12.1 Å². The van der Waals surface area contributed by atoms with E-state index in [1.165, 1.54) is 0 Å². The van der Waals surface area contributed by atoms with Gasteiger partial charge in [-0.05, 0) is 31.0 Å². The molecule has 0 saturated carbocycles. The summed E-state index contributed by atoms with van der Waals surface area (Å²) in [5.74, 6) is 0.0341. The van der Waals surface area contributed by atoms with Crippen LogP contribution in [0.3, 0.4) is 0 Å². The molecule has 1 aromatic heterocycles. The predicted octanol–water partition coefficient (Wildman–Crippen LogP) is 1.39. The smallest absolute Gasteiger partial charge is 0.237 e. The highest BCUT2D eigenvalue weighted by Gasteiger charge is 2.13. The Morgan fingerprint density at radius 3 is 2.76 bits per heavy atom. The molecule has 1 amide bonds. The molecule has 0 aliphatic heterocycles. The number of nitrogens with one attached hydrogen (secondary N) is 1. The van der Waals surface area contributed by atoms with Gasteiger partial charge in [-0.15, -0.1) is 11.3 Å². The number of phenols is 1. The summed E-state index contributed by atoms with van der Waals surface area (Å²) in [6, 6.07) is 6.12. The number of nitrogens with two attached hydrogens (primary N) is 1. The summed E-state index contributed by atoms with van der Waals surface area (Å²) in [5.41, 5.74) is 7.81. The Kier molecular flexibility index (Phi) is 5.30. The van der Waals surface area contributed by atoms with Crippen molar-refractivity contribution in [2.24, 2.45) is 5.73 Å². The highest BCUT2D eigenvalue weighted by Crippen LogP contribution is 2.11. The van der Waals surface area contributed by atoms with Crippen LogP contribution in [0.2, 0.25) is 0 Å². The number of carbonyl (C=O) groups excluding carboxylic acids is 1. The van der Waals surface area contributed by atoms with Gasteiger partial charge in [-0.3, -0.25) is 4.79 Å². The van der Waals surface area contributed by atoms with Crippen molar-refractivity contribution in [2.75, 3.05) is 6.54 Å². The van der Waals surface area contributed by atoms with Crippen LogP contribution in [0.4, 0.5) is 0 Å². The molecule has 0 radical (unpaired) electrons. The first-order valence-electron chi connectivity index (χ1n) is 6.77. The monoisotopic (exact) mass is 305 g/mol. The molecule has 112 valence electrons. The van der Waals surface area contributed by atoms with E-state index in [2.05, 4.69) is 10.3 Å². The first kappa shape index (κ1) is 15.5. The summed E-state index contributed by atoms with van der Waals surface area (Å²) in [4.78, 5) is 16.2. The van der Waals surface area contributed by atoms with Crippen molar-refractivity contribution in [1.29, 1.82) is 0 Å². The van der Waals surface area contributed by atoms with E-state index in [4.69, 9.17) is 5.73 Å². The van der Waals surface area contributed by atoms with Gasteiger partial charge in [-0.25, -0.2) is 4.98 Å². The average Bonchev–Trinajstić information content (AvgIpc) is 2.87. The summed E-state index contributed by atoms with van der Waals surface area (Å²) < 4.78 is 0. The van der Waals surface area contributed by atoms with Crippen molar-refractivity contribution in [3.63, 3.8) is 0 Å². The minimum absolute atomic E-state index is 0.170. The molecule has 0 fully saturated rings. The van der Waals surface area contributed by atoms with Gasteiger partial charge in [0.2, 0.25) is 5.91 Å². The van der Waals surface area contributed by atoms with Crippen molar-refractivity contribution in [1.82, 2.24) is 10.3 Å². The maximum Gasteiger partial charge on any atom is 0.237 e. The SMILES string of the molecule is Cc1csc(CCNC(=O)C(N)Cc2ccc(O)cc2)n1. The molecule has 5 nitrogen and oxygen atoms in total. The van der Waals surface area contributed by atoms with Crippen LogP contribution in [0.25, 0.3) is 0 Å². The lowest BCUT2D eigenvalue weighted by Crippen LogP contribution is -2.42. The minimum atomic E-state index is -0.590. The first-order chi connectivity index (χ1) is 10.0. The number of aromatic hydroxyl groups is 1. The van der Waals surface area contributed by atoms with E-state index in [0.29, 0.717) is 13.0 Å². The first-order valence-corrected chi connectivity index (χ1v) is 7.65. The summed E-state index contributed by atoms with van der Waals surface area (Å²) in [6.45, 7) is 2.49. The average molecular weight is 305 g/mol. The molecule has 1 aromatic carbocycles. The largest absolute Gasteiger partial charge is 0.508 e. The van der Waals surface area contributed by atoms with Gasteiger partial charge < -0.3 is 16.2 Å². The number of hydrogen-bond donors (Lipinski definition) is 3. The lowest BCUT2D eigenvalue weighted by molar-refractivity contribution is -0.122. The van der Waals surface area contributed by atoms with E-state index in [9.17, 15) is 9.90 Å². The van der Waals surface area contributed by atoms with E-state index < -0.39 is 6.04 Å². The van der Waals surface area contributed by atoms with E-state index in [1.807, 2.05) is 12.3 Å². The predicted molar refractivity (Wildman–Crippen MR) is 83.4 cm³/mol. The van der Waals surface area contributed by atoms with Crippen molar-refractivity contribution >= 4 is 17.2 Å². The summed E-state index contributed by atoms with van der Waals surface area (Å²) in [6.07, 6.45) is 1.17. The molecule has 0 bridgehead atoms. The molecule has 21 heavy (non-hydrogen) atoms. The number of phenolic OH excluding ortho intramolecular Hbond substituents is 1. The van der Waals surface area contributed by atoms with Crippen molar-refractivity contribution in [2.45, 2.75) is 25.8 Å². The number of rotatable bonds is 6. The van der Waals surface area contributed by atoms with Gasteiger partial charge in [0.05, 0.1) is 11.0 Å². The molecule has 1 atom stereocenters. The molecule has 0 aliphatic carbocycles. The van der Waals surface area contributed by atoms with Crippen molar-refractivity contribution < 1.29 is 9.90 Å². The fraction of sp³-hybridized carbons (Fsp3) is 0.333. The van der Waals surface area contributed by atoms with Gasteiger partial charge in [0, 0.05) is 24.0 Å². The highest BCUT2D eigenvalue weighted by atomic mass is 32.1. The lowest BCUT2D eigenvalue weighted by Gasteiger charge is -2.12. The van der Waals surface area contributed by atoms with E-state index >= 15 is 0 Å². The van der Waals surface area contributed by atoms with Crippen LogP contribution in [0, 0.1) is 6.92 Å². The van der Waals surface area contributed by atoms with E-state index in [0.717, 1.165) is 22.7 Å². The molecule has 4 N–H and O–H groups in total. The van der Waals surface area contributed by atoms with Gasteiger partial charge in [0.25, 0.3) is 0 Å². The zero-order chi connectivity index (χ0) is 15.2. The van der Waals surface area contributed by atoms with Gasteiger partial charge in [0.1, 0.15) is 5.75 Å². The third-order valence-corrected chi connectivity index (χ3v) is 4.06. The third kappa shape index (κ3) is 4.84. The number of carbonyl (C=O) groups is 1. The zero-order valence-electron chi connectivity index (χ0n) is 11.9. The Hall–Kier alpha value is -1.92. The van der Waals surface area contributed by atoms with Gasteiger partial charge in [-0.2, -0.15) is 0 Å². The van der Waals surface area contributed by atoms with E-state index in [1.54, 1.807) is 35.6 Å². The Bertz CT molecular complexity index is 595. The number of benzene rings is 1. The second kappa shape index (κ2) is 7.19. The number of aromatic nitrogens is 1. The Morgan fingerprint density at radius 1 is 1.43 bits per heavy atom. The Labute approximate surface area is 127 Å². The normalized spacial score (nSPS) is 12.1. The molecule has 0 spiro atoms. The lowest BCUT2D eigenvalue weighted by atomic mass is 10.1. The minimum Gasteiger partial charge on any atom is -0.508 e. The fourth-order valence-corrected chi connectivity index (χ4v) is 2.70. The standard InChI is InChI=1S/C15H19N3O2S/c1-10-9-21-14(18-10)6-7-17-15(20)13(16)8-11-2-4-12(19)5-3-11/h2-5,9,13,19H,6-8,16H2,1H3,(H,17,20). The molecule has 0 aliphatic rings. The maximum atomic E-state index is 11.9. The second-order valence-electron chi connectivity index (χ2n) is 4.90. The molecular weight excluding hydrogens is 286 g/mol. The maximum absolute atomic E-state index is 11.9. The van der Waals surface area contributed by atoms with Crippen LogP contribution < -0.4 is 11.1 Å². The Morgan fingerprint density at radius 2 is 2.14 bits per heavy atom. The van der Waals surface area contributed by atoms with Gasteiger partial charge >= 0.3 is 0 Å². The summed E-state index contributed by atoms with van der Waals surface area (Å²) in [5, 5.41) is 15.0. The molecule has 1 unspecified atom stereocenters. The number of amides is 1. The second-order valence-corrected chi connectivity index (χ2v) is 5.84. The van der Waals surface area contributed by atoms with Crippen LogP contribution in [0.5, 0.6) is 5.75 Å². The molecule has 1 heterocycles. The quantitative estimate of drug-likeness (QED) is 0.752. The molecule has 6 heteroatoms. The van der Waals surface area contributed by atoms with Gasteiger partial charge in [0.15, 0.2) is 0 Å². The number of hydrogen-bond acceptors (Lipinski definition) is 5. The fourth-order valence-electron chi connectivity index (χ4n) is 1.92. The number of thiazole rings is 1. The third-order valence-electron chi connectivity index (χ3n) is 3.03. The molecule has 2 aromatic rings. The molecular formula is C15H19N3O2S. The summed E-state index contributed by atoms with van der Waals surface area (Å²) >= 11 is 1.60. The number of aryl methyl sites for hydroxylation is 1. The topological polar surface area (TPSA) is 88.2 Å². The van der Waals surface area contributed by atoms with Crippen LogP contribution in [-0.2, 0) is 17.6 Å². The van der Waals surface area contributed by atoms with Crippen LogP contribution >= 0.6 is 11.3 Å². The Balaban J connectivity index is 1.75. The zero-order valence-corrected chi connectivity index (χ0v) is 12.7. The van der Waals surface area contributed by atoms with Crippen LogP contribution in [0.15, 0.2) is 29.6 Å². The number of nitrogens with zero attached hydrogens (tertiary/aromatic N) is 1. The van der Waals surface area contributed by atoms with Crippen molar-refractivity contribution in [3.8, 4) is 5.75 Å². The van der Waals surface area contributed by atoms with Crippen molar-refractivity contribution in [3.05, 3.63) is 45.9 Å². The van der Waals surface area contributed by atoms with Crippen LogP contribution in [0.1, 0.15) is 16.3 Å².